The summed E-state index contributed by atoms with van der Waals surface area (Å²) in [5.74, 6) is -0.662. The van der Waals surface area contributed by atoms with E-state index in [1.54, 1.807) is 0 Å². The van der Waals surface area contributed by atoms with Gasteiger partial charge < -0.3 is 20.4 Å². The van der Waals surface area contributed by atoms with E-state index in [4.69, 9.17) is 5.73 Å². The third-order valence-electron chi connectivity index (χ3n) is 3.12. The Bertz CT molecular complexity index is 621. The van der Waals surface area contributed by atoms with Crippen LogP contribution in [-0.4, -0.2) is 29.7 Å². The second-order valence-corrected chi connectivity index (χ2v) is 4.74. The molecule has 0 aliphatic heterocycles. The monoisotopic (exact) mass is 289 g/mol. The van der Waals surface area contributed by atoms with Crippen molar-refractivity contribution >= 4 is 22.9 Å². The Balaban J connectivity index is 1.66. The van der Waals surface area contributed by atoms with E-state index in [0.717, 1.165) is 19.4 Å². The number of aromatic nitrogens is 1. The van der Waals surface area contributed by atoms with Gasteiger partial charge in [-0.3, -0.25) is 4.79 Å². The van der Waals surface area contributed by atoms with Crippen LogP contribution in [0.4, 0.5) is 4.79 Å². The van der Waals surface area contributed by atoms with Crippen molar-refractivity contribution in [2.75, 3.05) is 13.2 Å². The first-order valence-electron chi connectivity index (χ1n) is 6.89. The van der Waals surface area contributed by atoms with Crippen LogP contribution in [0.25, 0.3) is 10.9 Å². The molecule has 2 rings (SSSR count). The average Bonchev–Trinajstić information content (AvgIpc) is 2.88. The molecule has 0 radical (unpaired) electrons. The molecule has 2 aromatic rings. The van der Waals surface area contributed by atoms with Crippen LogP contribution in [0.3, 0.4) is 0 Å². The van der Waals surface area contributed by atoms with E-state index in [1.807, 2.05) is 12.1 Å². The van der Waals surface area contributed by atoms with E-state index in [0.29, 0.717) is 6.54 Å². The molecule has 0 unspecified atom stereocenters. The summed E-state index contributed by atoms with van der Waals surface area (Å²) in [7, 11) is 0. The van der Waals surface area contributed by atoms with E-state index >= 15 is 0 Å². The largest absolute Gasteiger partial charge is 0.439 e. The molecule has 6 nitrogen and oxygen atoms in total. The van der Waals surface area contributed by atoms with Gasteiger partial charge in [0.25, 0.3) is 5.91 Å². The molecular formula is C15H19N3O3. The summed E-state index contributed by atoms with van der Waals surface area (Å²) in [6.45, 7) is 1.02. The second kappa shape index (κ2) is 7.33. The van der Waals surface area contributed by atoms with Crippen molar-refractivity contribution in [2.24, 2.45) is 5.73 Å². The number of nitrogens with zero attached hydrogens (tertiary/aromatic N) is 1. The minimum Gasteiger partial charge on any atom is -0.439 e. The summed E-state index contributed by atoms with van der Waals surface area (Å²) in [6.07, 6.45) is 3.23. The second-order valence-electron chi connectivity index (χ2n) is 4.74. The minimum absolute atomic E-state index is 0.388. The number of aryl methyl sites for hydroxylation is 1. The number of fused-ring (bicyclic) bond motifs is 1. The molecule has 3 N–H and O–H groups in total. The van der Waals surface area contributed by atoms with Gasteiger partial charge in [0.2, 0.25) is 0 Å². The number of primary amides is 1. The minimum atomic E-state index is -0.662. The van der Waals surface area contributed by atoms with Crippen LogP contribution in [0, 0.1) is 0 Å². The maximum atomic E-state index is 11.2. The maximum Gasteiger partial charge on any atom is 0.407 e. The molecule has 0 bridgehead atoms. The molecule has 1 aromatic heterocycles. The molecule has 2 amide bonds. The van der Waals surface area contributed by atoms with E-state index in [1.165, 1.54) is 10.9 Å². The van der Waals surface area contributed by atoms with Gasteiger partial charge in [-0.15, -0.1) is 0 Å². The van der Waals surface area contributed by atoms with Crippen molar-refractivity contribution in [3.05, 3.63) is 36.5 Å². The molecule has 1 aromatic carbocycles. The third kappa shape index (κ3) is 4.52. The van der Waals surface area contributed by atoms with Crippen LogP contribution in [-0.2, 0) is 16.1 Å². The van der Waals surface area contributed by atoms with Crippen LogP contribution in [0.1, 0.15) is 12.8 Å². The van der Waals surface area contributed by atoms with Crippen molar-refractivity contribution in [1.82, 2.24) is 9.88 Å². The lowest BCUT2D eigenvalue weighted by atomic mass is 10.2. The molecule has 0 aliphatic rings. The van der Waals surface area contributed by atoms with Crippen LogP contribution in [0.5, 0.6) is 0 Å². The number of amides is 2. The Labute approximate surface area is 122 Å². The summed E-state index contributed by atoms with van der Waals surface area (Å²) in [5.41, 5.74) is 6.08. The Morgan fingerprint density at radius 1 is 1.19 bits per heavy atom. The zero-order chi connectivity index (χ0) is 15.1. The Kier molecular flexibility index (Phi) is 5.20. The summed E-state index contributed by atoms with van der Waals surface area (Å²) >= 11 is 0. The molecule has 0 aliphatic carbocycles. The summed E-state index contributed by atoms with van der Waals surface area (Å²) in [4.78, 5) is 21.6. The number of nitrogens with one attached hydrogen (secondary N) is 1. The van der Waals surface area contributed by atoms with Crippen molar-refractivity contribution in [3.8, 4) is 0 Å². The standard InChI is InChI=1S/C15H19N3O3/c16-14(19)11-21-15(20)17-8-3-4-9-18-10-7-12-5-1-2-6-13(12)18/h1-2,5-7,10H,3-4,8-9,11H2,(H2,16,19)(H,17,20). The first kappa shape index (κ1) is 14.9. The fourth-order valence-electron chi connectivity index (χ4n) is 2.12. The van der Waals surface area contributed by atoms with Gasteiger partial charge in [0.05, 0.1) is 0 Å². The fraction of sp³-hybridized carbons (Fsp3) is 0.333. The van der Waals surface area contributed by atoms with Gasteiger partial charge in [-0.2, -0.15) is 0 Å². The Hall–Kier alpha value is -2.50. The normalized spacial score (nSPS) is 10.5. The number of hydrogen-bond donors (Lipinski definition) is 2. The number of carbonyl (C=O) groups excluding carboxylic acids is 2. The van der Waals surface area contributed by atoms with Gasteiger partial charge in [-0.1, -0.05) is 18.2 Å². The van der Waals surface area contributed by atoms with Gasteiger partial charge in [0.1, 0.15) is 0 Å². The first-order valence-corrected chi connectivity index (χ1v) is 6.89. The highest BCUT2D eigenvalue weighted by Crippen LogP contribution is 2.15. The molecule has 0 saturated heterocycles. The quantitative estimate of drug-likeness (QED) is 0.760. The highest BCUT2D eigenvalue weighted by atomic mass is 16.6. The number of para-hydroxylation sites is 1. The molecule has 0 fully saturated rings. The van der Waals surface area contributed by atoms with Gasteiger partial charge in [-0.05, 0) is 30.4 Å². The topological polar surface area (TPSA) is 86.4 Å². The zero-order valence-electron chi connectivity index (χ0n) is 11.7. The SMILES string of the molecule is NC(=O)COC(=O)NCCCCn1ccc2ccccc21. The molecule has 0 saturated carbocycles. The zero-order valence-corrected chi connectivity index (χ0v) is 11.7. The van der Waals surface area contributed by atoms with Gasteiger partial charge in [-0.25, -0.2) is 4.79 Å². The van der Waals surface area contributed by atoms with Crippen LogP contribution in [0.2, 0.25) is 0 Å². The first-order chi connectivity index (χ1) is 10.2. The van der Waals surface area contributed by atoms with Gasteiger partial charge in [0.15, 0.2) is 6.61 Å². The van der Waals surface area contributed by atoms with Crippen LogP contribution >= 0.6 is 0 Å². The predicted octanol–water partition coefficient (Wildman–Crippen LogP) is 1.63. The van der Waals surface area contributed by atoms with Crippen molar-refractivity contribution in [3.63, 3.8) is 0 Å². The number of benzene rings is 1. The Morgan fingerprint density at radius 2 is 2.00 bits per heavy atom. The number of unbranched alkanes of at least 4 members (excludes halogenated alkanes) is 1. The summed E-state index contributed by atoms with van der Waals surface area (Å²) in [6, 6.07) is 10.3. The summed E-state index contributed by atoms with van der Waals surface area (Å²) < 4.78 is 6.78. The van der Waals surface area contributed by atoms with Crippen molar-refractivity contribution < 1.29 is 14.3 Å². The number of carbonyl (C=O) groups is 2. The number of nitrogens with two attached hydrogens (primary N) is 1. The molecule has 112 valence electrons. The lowest BCUT2D eigenvalue weighted by molar-refractivity contribution is -0.120. The third-order valence-corrected chi connectivity index (χ3v) is 3.12. The van der Waals surface area contributed by atoms with Crippen LogP contribution in [0.15, 0.2) is 36.5 Å². The lowest BCUT2D eigenvalue weighted by Crippen LogP contribution is -2.29. The molecule has 21 heavy (non-hydrogen) atoms. The van der Waals surface area contributed by atoms with E-state index in [9.17, 15) is 9.59 Å². The van der Waals surface area contributed by atoms with Crippen molar-refractivity contribution in [1.29, 1.82) is 0 Å². The molecule has 0 atom stereocenters. The number of ether oxygens (including phenoxy) is 1. The fourth-order valence-corrected chi connectivity index (χ4v) is 2.12. The molecule has 0 spiro atoms. The van der Waals surface area contributed by atoms with Gasteiger partial charge in [0, 0.05) is 24.8 Å². The summed E-state index contributed by atoms with van der Waals surface area (Å²) in [5, 5.41) is 3.80. The number of hydrogen-bond acceptors (Lipinski definition) is 3. The molecule has 1 heterocycles. The predicted molar refractivity (Wildman–Crippen MR) is 79.7 cm³/mol. The Morgan fingerprint density at radius 3 is 2.81 bits per heavy atom. The number of alkyl carbamates (subject to hydrolysis) is 1. The highest BCUT2D eigenvalue weighted by molar-refractivity contribution is 5.80. The number of rotatable bonds is 7. The smallest absolute Gasteiger partial charge is 0.407 e. The lowest BCUT2D eigenvalue weighted by Gasteiger charge is -2.07. The van der Waals surface area contributed by atoms with E-state index in [-0.39, 0.29) is 6.61 Å². The van der Waals surface area contributed by atoms with E-state index in [2.05, 4.69) is 39.0 Å². The van der Waals surface area contributed by atoms with E-state index < -0.39 is 12.0 Å². The van der Waals surface area contributed by atoms with Crippen molar-refractivity contribution in [2.45, 2.75) is 19.4 Å². The molecule has 6 heteroatoms. The maximum absolute atomic E-state index is 11.2. The van der Waals surface area contributed by atoms with Gasteiger partial charge >= 0.3 is 6.09 Å². The molecular weight excluding hydrogens is 270 g/mol. The highest BCUT2D eigenvalue weighted by Gasteiger charge is 2.03. The van der Waals surface area contributed by atoms with Crippen LogP contribution < -0.4 is 11.1 Å². The average molecular weight is 289 g/mol.